The van der Waals surface area contributed by atoms with Crippen LogP contribution in [-0.2, 0) is 38.5 Å². The number of aromatic hydroxyl groups is 1. The number of nitrogens with zero attached hydrogens (tertiary/aromatic N) is 1. The second kappa shape index (κ2) is 12.8. The molecule has 35 heavy (non-hydrogen) atoms. The standard InChI is InChI=1S/C25H28N4O6/c1-2-34-24(32)22(12-17-8-10-20(30)11-9-17)28-23(31)21(13-19-14-26-16-27-19)29-25(33)35-15-18-6-4-3-5-7-18/h3-11,14,16,21-22,30H,2,12-13,15H2,1H3,(H,26,27)(H,28,31)(H,29,33)/t21-,22-/m0/s1. The second-order valence-electron chi connectivity index (χ2n) is 7.72. The number of hydrogen-bond donors (Lipinski definition) is 4. The van der Waals surface area contributed by atoms with Crippen LogP contribution < -0.4 is 10.6 Å². The van der Waals surface area contributed by atoms with Crippen molar-refractivity contribution in [3.63, 3.8) is 0 Å². The number of aromatic nitrogens is 2. The van der Waals surface area contributed by atoms with Crippen LogP contribution in [0.3, 0.4) is 0 Å². The zero-order valence-corrected chi connectivity index (χ0v) is 19.3. The van der Waals surface area contributed by atoms with Crippen LogP contribution in [0.2, 0.25) is 0 Å². The lowest BCUT2D eigenvalue weighted by molar-refractivity contribution is -0.147. The van der Waals surface area contributed by atoms with Crippen molar-refractivity contribution < 1.29 is 29.0 Å². The number of phenols is 1. The Morgan fingerprint density at radius 3 is 2.34 bits per heavy atom. The number of rotatable bonds is 11. The first-order valence-corrected chi connectivity index (χ1v) is 11.1. The van der Waals surface area contributed by atoms with Crippen molar-refractivity contribution in [3.8, 4) is 5.75 Å². The van der Waals surface area contributed by atoms with Crippen molar-refractivity contribution in [3.05, 3.63) is 83.9 Å². The van der Waals surface area contributed by atoms with Gasteiger partial charge in [0.15, 0.2) is 0 Å². The first-order chi connectivity index (χ1) is 16.9. The molecule has 0 unspecified atom stereocenters. The highest BCUT2D eigenvalue weighted by atomic mass is 16.5. The van der Waals surface area contributed by atoms with E-state index in [0.717, 1.165) is 5.56 Å². The van der Waals surface area contributed by atoms with Gasteiger partial charge in [0.05, 0.1) is 12.9 Å². The first kappa shape index (κ1) is 25.3. The van der Waals surface area contributed by atoms with Gasteiger partial charge in [-0.15, -0.1) is 0 Å². The predicted octanol–water partition coefficient (Wildman–Crippen LogP) is 2.24. The third-order valence-electron chi connectivity index (χ3n) is 5.06. The van der Waals surface area contributed by atoms with Gasteiger partial charge in [-0.25, -0.2) is 14.6 Å². The van der Waals surface area contributed by atoms with Crippen molar-refractivity contribution in [2.75, 3.05) is 6.61 Å². The summed E-state index contributed by atoms with van der Waals surface area (Å²) in [5.41, 5.74) is 2.12. The number of amides is 2. The van der Waals surface area contributed by atoms with E-state index in [9.17, 15) is 19.5 Å². The van der Waals surface area contributed by atoms with Gasteiger partial charge in [0, 0.05) is 24.7 Å². The molecule has 0 aliphatic rings. The summed E-state index contributed by atoms with van der Waals surface area (Å²) in [7, 11) is 0. The van der Waals surface area contributed by atoms with Gasteiger partial charge in [0.1, 0.15) is 24.4 Å². The molecular formula is C25H28N4O6. The van der Waals surface area contributed by atoms with Gasteiger partial charge in [0.25, 0.3) is 0 Å². The van der Waals surface area contributed by atoms with Crippen molar-refractivity contribution in [2.45, 2.75) is 38.5 Å². The molecule has 4 N–H and O–H groups in total. The van der Waals surface area contributed by atoms with Crippen LogP contribution in [0.4, 0.5) is 4.79 Å². The molecule has 2 aromatic carbocycles. The summed E-state index contributed by atoms with van der Waals surface area (Å²) in [5.74, 6) is -1.11. The van der Waals surface area contributed by atoms with E-state index in [2.05, 4.69) is 20.6 Å². The number of benzene rings is 2. The number of hydrogen-bond acceptors (Lipinski definition) is 7. The van der Waals surface area contributed by atoms with E-state index >= 15 is 0 Å². The van der Waals surface area contributed by atoms with Crippen LogP contribution in [-0.4, -0.2) is 51.7 Å². The molecule has 2 atom stereocenters. The van der Waals surface area contributed by atoms with Crippen LogP contribution in [0, 0.1) is 0 Å². The Labute approximate surface area is 202 Å². The summed E-state index contributed by atoms with van der Waals surface area (Å²) in [5, 5.41) is 14.7. The number of carbonyl (C=O) groups excluding carboxylic acids is 3. The Hall–Kier alpha value is -4.34. The summed E-state index contributed by atoms with van der Waals surface area (Å²) in [6.45, 7) is 1.85. The Morgan fingerprint density at radius 1 is 0.943 bits per heavy atom. The fourth-order valence-corrected chi connectivity index (χ4v) is 3.31. The maximum atomic E-state index is 13.2. The van der Waals surface area contributed by atoms with Gasteiger partial charge in [-0.1, -0.05) is 42.5 Å². The number of nitrogens with one attached hydrogen (secondary N) is 3. The van der Waals surface area contributed by atoms with Gasteiger partial charge in [-0.2, -0.15) is 0 Å². The topological polar surface area (TPSA) is 143 Å². The molecule has 1 heterocycles. The molecule has 0 aliphatic carbocycles. The molecule has 0 bridgehead atoms. The van der Waals surface area contributed by atoms with E-state index < -0.39 is 30.1 Å². The monoisotopic (exact) mass is 480 g/mol. The van der Waals surface area contributed by atoms with Crippen LogP contribution in [0.1, 0.15) is 23.7 Å². The SMILES string of the molecule is CCOC(=O)[C@H](Cc1ccc(O)cc1)NC(=O)[C@H](Cc1cnc[nH]1)NC(=O)OCc1ccccc1. The Kier molecular flexibility index (Phi) is 9.23. The molecule has 3 aromatic rings. The normalized spacial score (nSPS) is 12.3. The minimum atomic E-state index is -1.05. The molecule has 0 radical (unpaired) electrons. The van der Waals surface area contributed by atoms with Gasteiger partial charge in [0.2, 0.25) is 5.91 Å². The minimum Gasteiger partial charge on any atom is -0.508 e. The molecule has 10 heteroatoms. The Bertz CT molecular complexity index is 1090. The fourth-order valence-electron chi connectivity index (χ4n) is 3.31. The quantitative estimate of drug-likeness (QED) is 0.308. The predicted molar refractivity (Wildman–Crippen MR) is 126 cm³/mol. The van der Waals surface area contributed by atoms with Gasteiger partial charge >= 0.3 is 12.1 Å². The number of alkyl carbamates (subject to hydrolysis) is 1. The number of H-pyrrole nitrogens is 1. The van der Waals surface area contributed by atoms with Crippen LogP contribution >= 0.6 is 0 Å². The zero-order chi connectivity index (χ0) is 25.0. The van der Waals surface area contributed by atoms with Gasteiger partial charge in [-0.3, -0.25) is 4.79 Å². The molecule has 0 saturated heterocycles. The molecule has 0 spiro atoms. The van der Waals surface area contributed by atoms with Crippen molar-refractivity contribution in [1.82, 2.24) is 20.6 Å². The molecule has 1 aromatic heterocycles. The average Bonchev–Trinajstić information content (AvgIpc) is 3.37. The van der Waals surface area contributed by atoms with Gasteiger partial charge < -0.3 is 30.2 Å². The van der Waals surface area contributed by atoms with Crippen LogP contribution in [0.25, 0.3) is 0 Å². The Morgan fingerprint density at radius 2 is 1.69 bits per heavy atom. The van der Waals surface area contributed by atoms with E-state index in [-0.39, 0.29) is 31.8 Å². The number of esters is 1. The van der Waals surface area contributed by atoms with E-state index in [1.165, 1.54) is 24.7 Å². The molecular weight excluding hydrogens is 452 g/mol. The highest BCUT2D eigenvalue weighted by Gasteiger charge is 2.29. The number of ether oxygens (including phenoxy) is 2. The summed E-state index contributed by atoms with van der Waals surface area (Å²) >= 11 is 0. The largest absolute Gasteiger partial charge is 0.508 e. The minimum absolute atomic E-state index is 0.0391. The van der Waals surface area contributed by atoms with E-state index in [0.29, 0.717) is 11.3 Å². The smallest absolute Gasteiger partial charge is 0.408 e. The van der Waals surface area contributed by atoms with E-state index in [4.69, 9.17) is 9.47 Å². The van der Waals surface area contributed by atoms with Crippen molar-refractivity contribution >= 4 is 18.0 Å². The third kappa shape index (κ3) is 8.18. The number of carbonyl (C=O) groups is 3. The maximum Gasteiger partial charge on any atom is 0.408 e. The fraction of sp³-hybridized carbons (Fsp3) is 0.280. The molecule has 0 fully saturated rings. The molecule has 3 rings (SSSR count). The van der Waals surface area contributed by atoms with Crippen LogP contribution in [0.15, 0.2) is 67.1 Å². The van der Waals surface area contributed by atoms with E-state index in [1.54, 1.807) is 19.1 Å². The highest BCUT2D eigenvalue weighted by molar-refractivity contribution is 5.90. The van der Waals surface area contributed by atoms with Crippen molar-refractivity contribution in [1.29, 1.82) is 0 Å². The van der Waals surface area contributed by atoms with E-state index in [1.807, 2.05) is 30.3 Å². The molecule has 0 saturated carbocycles. The lowest BCUT2D eigenvalue weighted by Gasteiger charge is -2.22. The zero-order valence-electron chi connectivity index (χ0n) is 19.3. The Balaban J connectivity index is 1.70. The summed E-state index contributed by atoms with van der Waals surface area (Å²) in [6, 6.07) is 13.4. The maximum absolute atomic E-state index is 13.2. The average molecular weight is 481 g/mol. The van der Waals surface area contributed by atoms with Crippen LogP contribution in [0.5, 0.6) is 5.75 Å². The summed E-state index contributed by atoms with van der Waals surface area (Å²) in [4.78, 5) is 45.0. The first-order valence-electron chi connectivity index (χ1n) is 11.1. The highest BCUT2D eigenvalue weighted by Crippen LogP contribution is 2.12. The second-order valence-corrected chi connectivity index (χ2v) is 7.72. The number of aromatic amines is 1. The molecule has 10 nitrogen and oxygen atoms in total. The van der Waals surface area contributed by atoms with Crippen molar-refractivity contribution in [2.24, 2.45) is 0 Å². The lowest BCUT2D eigenvalue weighted by Crippen LogP contribution is -2.53. The summed E-state index contributed by atoms with van der Waals surface area (Å²) in [6.07, 6.45) is 2.46. The number of imidazole rings is 1. The molecule has 0 aliphatic heterocycles. The number of phenolic OH excluding ortho intramolecular Hbond substituents is 1. The summed E-state index contributed by atoms with van der Waals surface area (Å²) < 4.78 is 10.4. The molecule has 2 amide bonds. The lowest BCUT2D eigenvalue weighted by atomic mass is 10.0. The third-order valence-corrected chi connectivity index (χ3v) is 5.06. The van der Waals surface area contributed by atoms with Gasteiger partial charge in [-0.05, 0) is 30.2 Å². The molecule has 184 valence electrons.